The van der Waals surface area contributed by atoms with Crippen molar-refractivity contribution >= 4 is 23.2 Å². The maximum atomic E-state index is 12.5. The van der Waals surface area contributed by atoms with E-state index in [9.17, 15) is 4.79 Å². The second-order valence-electron chi connectivity index (χ2n) is 5.14. The molecule has 0 saturated heterocycles. The minimum Gasteiger partial charge on any atom is -0.497 e. The molecular weight excluding hydrogens is 314 g/mol. The zero-order chi connectivity index (χ0) is 16.8. The number of carbonyl (C=O) groups is 1. The number of anilines is 1. The molecule has 0 fully saturated rings. The topological polar surface area (TPSA) is 47.6 Å². The third-order valence-corrected chi connectivity index (χ3v) is 3.68. The summed E-state index contributed by atoms with van der Waals surface area (Å²) in [4.78, 5) is 12.5. The number of nitrogens with one attached hydrogen (secondary N) is 1. The van der Waals surface area contributed by atoms with Gasteiger partial charge in [-0.1, -0.05) is 30.7 Å². The normalized spacial score (nSPS) is 11.7. The van der Waals surface area contributed by atoms with Gasteiger partial charge in [0, 0.05) is 16.8 Å². The quantitative estimate of drug-likeness (QED) is 0.849. The molecule has 0 radical (unpaired) electrons. The first-order valence-corrected chi connectivity index (χ1v) is 7.79. The maximum absolute atomic E-state index is 12.5. The van der Waals surface area contributed by atoms with Gasteiger partial charge in [-0.15, -0.1) is 0 Å². The van der Waals surface area contributed by atoms with Gasteiger partial charge >= 0.3 is 0 Å². The van der Waals surface area contributed by atoms with Crippen LogP contribution in [0.2, 0.25) is 5.02 Å². The van der Waals surface area contributed by atoms with Crippen LogP contribution in [0.3, 0.4) is 0 Å². The Bertz CT molecular complexity index is 688. The molecule has 0 aliphatic rings. The van der Waals surface area contributed by atoms with Gasteiger partial charge in [0.25, 0.3) is 5.91 Å². The van der Waals surface area contributed by atoms with E-state index in [2.05, 4.69) is 5.32 Å². The van der Waals surface area contributed by atoms with Gasteiger partial charge in [0.05, 0.1) is 7.11 Å². The minimum atomic E-state index is -0.597. The Morgan fingerprint density at radius 2 is 1.96 bits per heavy atom. The lowest BCUT2D eigenvalue weighted by Gasteiger charge is -2.18. The number of halogens is 1. The van der Waals surface area contributed by atoms with E-state index in [4.69, 9.17) is 21.1 Å². The number of rotatable bonds is 6. The lowest BCUT2D eigenvalue weighted by molar-refractivity contribution is -0.122. The maximum Gasteiger partial charge on any atom is 0.265 e. The van der Waals surface area contributed by atoms with E-state index in [1.54, 1.807) is 31.4 Å². The van der Waals surface area contributed by atoms with Crippen molar-refractivity contribution in [3.8, 4) is 11.5 Å². The summed E-state index contributed by atoms with van der Waals surface area (Å²) in [5.74, 6) is 1.07. The summed E-state index contributed by atoms with van der Waals surface area (Å²) in [6, 6.07) is 12.6. The standard InChI is InChI=1S/C18H20ClNO3/c1-4-17(23-15-7-5-6-14(11-15)22-3)18(21)20-16-10-13(19)9-8-12(16)2/h5-11,17H,4H2,1-3H3,(H,20,21). The molecule has 1 N–H and O–H groups in total. The van der Waals surface area contributed by atoms with Gasteiger partial charge in [-0.05, 0) is 43.2 Å². The second kappa shape index (κ2) is 7.88. The smallest absolute Gasteiger partial charge is 0.265 e. The zero-order valence-corrected chi connectivity index (χ0v) is 14.2. The molecule has 0 aliphatic heterocycles. The van der Waals surface area contributed by atoms with Crippen molar-refractivity contribution < 1.29 is 14.3 Å². The van der Waals surface area contributed by atoms with Crippen LogP contribution in [0.4, 0.5) is 5.69 Å². The first kappa shape index (κ1) is 17.2. The van der Waals surface area contributed by atoms with Crippen molar-refractivity contribution in [1.29, 1.82) is 0 Å². The molecule has 2 aromatic rings. The van der Waals surface area contributed by atoms with Crippen molar-refractivity contribution in [3.05, 3.63) is 53.1 Å². The van der Waals surface area contributed by atoms with Gasteiger partial charge in [0.1, 0.15) is 11.5 Å². The lowest BCUT2D eigenvalue weighted by atomic mass is 10.2. The summed E-state index contributed by atoms with van der Waals surface area (Å²) >= 11 is 5.98. The van der Waals surface area contributed by atoms with Crippen LogP contribution in [0.25, 0.3) is 0 Å². The molecule has 23 heavy (non-hydrogen) atoms. The molecule has 1 atom stereocenters. The Morgan fingerprint density at radius 1 is 1.22 bits per heavy atom. The number of carbonyl (C=O) groups excluding carboxylic acids is 1. The molecule has 0 heterocycles. The van der Waals surface area contributed by atoms with E-state index in [0.717, 1.165) is 5.56 Å². The van der Waals surface area contributed by atoms with Crippen LogP contribution in [0.15, 0.2) is 42.5 Å². The predicted molar refractivity (Wildman–Crippen MR) is 92.5 cm³/mol. The van der Waals surface area contributed by atoms with Gasteiger partial charge in [-0.3, -0.25) is 4.79 Å². The van der Waals surface area contributed by atoms with Gasteiger partial charge in [0.15, 0.2) is 6.10 Å². The number of methoxy groups -OCH3 is 1. The molecular formula is C18H20ClNO3. The van der Waals surface area contributed by atoms with E-state index >= 15 is 0 Å². The molecule has 2 aromatic carbocycles. The second-order valence-corrected chi connectivity index (χ2v) is 5.58. The first-order valence-electron chi connectivity index (χ1n) is 7.41. The fourth-order valence-corrected chi connectivity index (χ4v) is 2.28. The average Bonchev–Trinajstić information content (AvgIpc) is 2.56. The zero-order valence-electron chi connectivity index (χ0n) is 13.4. The molecule has 0 saturated carbocycles. The van der Waals surface area contributed by atoms with Crippen LogP contribution in [-0.2, 0) is 4.79 Å². The van der Waals surface area contributed by atoms with E-state index in [-0.39, 0.29) is 5.91 Å². The van der Waals surface area contributed by atoms with Gasteiger partial charge in [-0.2, -0.15) is 0 Å². The first-order chi connectivity index (χ1) is 11.0. The third kappa shape index (κ3) is 4.63. The van der Waals surface area contributed by atoms with E-state index in [1.807, 2.05) is 32.0 Å². The van der Waals surface area contributed by atoms with Gasteiger partial charge in [0.2, 0.25) is 0 Å². The van der Waals surface area contributed by atoms with Crippen LogP contribution in [0.1, 0.15) is 18.9 Å². The van der Waals surface area contributed by atoms with Crippen molar-refractivity contribution in [2.75, 3.05) is 12.4 Å². The highest BCUT2D eigenvalue weighted by Gasteiger charge is 2.19. The van der Waals surface area contributed by atoms with Gasteiger partial charge < -0.3 is 14.8 Å². The number of ether oxygens (including phenoxy) is 2. The van der Waals surface area contributed by atoms with E-state index in [1.165, 1.54) is 0 Å². The fraction of sp³-hybridized carbons (Fsp3) is 0.278. The van der Waals surface area contributed by atoms with Crippen molar-refractivity contribution in [2.24, 2.45) is 0 Å². The van der Waals surface area contributed by atoms with Crippen molar-refractivity contribution in [2.45, 2.75) is 26.4 Å². The van der Waals surface area contributed by atoms with E-state index < -0.39 is 6.10 Å². The molecule has 2 rings (SSSR count). The Morgan fingerprint density at radius 3 is 2.65 bits per heavy atom. The SMILES string of the molecule is CCC(Oc1cccc(OC)c1)C(=O)Nc1cc(Cl)ccc1C. The summed E-state index contributed by atoms with van der Waals surface area (Å²) in [5, 5.41) is 3.45. The predicted octanol–water partition coefficient (Wildman–Crippen LogP) is 4.45. The lowest BCUT2D eigenvalue weighted by Crippen LogP contribution is -2.32. The number of hydrogen-bond donors (Lipinski definition) is 1. The van der Waals surface area contributed by atoms with Crippen LogP contribution in [0, 0.1) is 6.92 Å². The van der Waals surface area contributed by atoms with Crippen molar-refractivity contribution in [1.82, 2.24) is 0 Å². The van der Waals surface area contributed by atoms with Crippen LogP contribution < -0.4 is 14.8 Å². The Kier molecular flexibility index (Phi) is 5.88. The molecule has 0 bridgehead atoms. The molecule has 5 heteroatoms. The molecule has 0 spiro atoms. The summed E-state index contributed by atoms with van der Waals surface area (Å²) in [5.41, 5.74) is 1.63. The highest BCUT2D eigenvalue weighted by atomic mass is 35.5. The molecule has 1 amide bonds. The Labute approximate surface area is 141 Å². The van der Waals surface area contributed by atoms with Crippen LogP contribution in [-0.4, -0.2) is 19.1 Å². The fourth-order valence-electron chi connectivity index (χ4n) is 2.10. The highest BCUT2D eigenvalue weighted by Crippen LogP contribution is 2.23. The molecule has 1 unspecified atom stereocenters. The summed E-state index contributed by atoms with van der Waals surface area (Å²) in [6.07, 6.45) is -0.0525. The third-order valence-electron chi connectivity index (χ3n) is 3.44. The minimum absolute atomic E-state index is 0.208. The van der Waals surface area contributed by atoms with Crippen LogP contribution in [0.5, 0.6) is 11.5 Å². The van der Waals surface area contributed by atoms with Gasteiger partial charge in [-0.25, -0.2) is 0 Å². The highest BCUT2D eigenvalue weighted by molar-refractivity contribution is 6.31. The monoisotopic (exact) mass is 333 g/mol. The number of hydrogen-bond acceptors (Lipinski definition) is 3. The number of aryl methyl sites for hydroxylation is 1. The molecule has 0 aromatic heterocycles. The summed E-state index contributed by atoms with van der Waals surface area (Å²) < 4.78 is 10.9. The molecule has 122 valence electrons. The number of benzene rings is 2. The Balaban J connectivity index is 2.10. The van der Waals surface area contributed by atoms with E-state index in [0.29, 0.717) is 28.6 Å². The molecule has 4 nitrogen and oxygen atoms in total. The summed E-state index contributed by atoms with van der Waals surface area (Å²) in [7, 11) is 1.59. The van der Waals surface area contributed by atoms with Crippen LogP contribution >= 0.6 is 11.6 Å². The van der Waals surface area contributed by atoms with Crippen molar-refractivity contribution in [3.63, 3.8) is 0 Å². The largest absolute Gasteiger partial charge is 0.497 e. The number of amides is 1. The molecule has 0 aliphatic carbocycles. The summed E-state index contributed by atoms with van der Waals surface area (Å²) in [6.45, 7) is 3.81. The average molecular weight is 334 g/mol. The Hall–Kier alpha value is -2.20.